The number of aromatic nitrogens is 1. The zero-order valence-corrected chi connectivity index (χ0v) is 50.3. The van der Waals surface area contributed by atoms with E-state index in [2.05, 4.69) is 55.3 Å². The van der Waals surface area contributed by atoms with E-state index in [0.717, 1.165) is 39.3 Å². The minimum absolute atomic E-state index is 0.0481. The number of rotatable bonds is 3. The summed E-state index contributed by atoms with van der Waals surface area (Å²) in [6.45, 7) is 4.71. The molecule has 4 aliphatic carbocycles. The van der Waals surface area contributed by atoms with E-state index in [1.165, 1.54) is 13.8 Å². The highest BCUT2D eigenvalue weighted by Crippen LogP contribution is 2.87. The first kappa shape index (κ1) is 39.2. The van der Waals surface area contributed by atoms with Crippen molar-refractivity contribution in [2.75, 3.05) is 13.6 Å². The van der Waals surface area contributed by atoms with Gasteiger partial charge < -0.3 is 17.6 Å². The first-order valence-electron chi connectivity index (χ1n) is 34.1. The van der Waals surface area contributed by atoms with E-state index in [-0.39, 0.29) is 6.04 Å². The van der Waals surface area contributed by atoms with Gasteiger partial charge in [-0.25, -0.2) is 0 Å². The number of thiophene rings is 1. The Labute approximate surface area is 517 Å². The van der Waals surface area contributed by atoms with E-state index >= 15 is 8.63 Å². The molecule has 0 amide bonds. The normalized spacial score (nSPS) is 23.0. The second kappa shape index (κ2) is 9.50. The number of likely N-dealkylation sites (N-methyl/N-ethyl adjacent to an activating group) is 1. The quantitative estimate of drug-likeness (QED) is 0.127. The molecule has 7 heteroatoms. The average molecular weight is 1180 g/mol. The number of benzene rings is 19. The maximum atomic E-state index is 18.2. The highest BCUT2D eigenvalue weighted by molar-refractivity contribution is 7.15. The third-order valence-electron chi connectivity index (χ3n) is 31.3. The Bertz CT molecular complexity index is 8880. The molecule has 1 atom stereocenters. The molecule has 2 spiro atoms. The standard InChI is InChI=1S/C86H26BF2N3S/c1-15-13-16(2)91-82(15)23(19-9-7-6-8-10-19)83-17(3)22(18(4)92(83)87(91,88)89)20-11-12-21(93-20)84-86-80-74-68-58-46-38-30-26-24-25-28-32(30)40(46)50-44-36(28)37-29(25)33-31-27(24)35-34(26)42-48(38)56-62-52(42)53-43(35)49-39(31)47-41(33)51-45(37)55-54(44)66(60(50)68)76(80)77-67(55)61(51)69-59(47)65-57(49)63(53)71-70(62)78(72(74)64(56)58)85(86,14-90(84)5)79(71)73(65)75(69)81(77)86/h6-13,84H,14H2,1-5H3. The lowest BCUT2D eigenvalue weighted by atomic mass is 9.48. The number of fused-ring (bicyclic) bond motifs is 2. The maximum absolute atomic E-state index is 18.2. The Hall–Kier alpha value is -10.3. The molecule has 3 aliphatic heterocycles. The molecule has 1 saturated heterocycles. The molecule has 7 aliphatic rings. The SMILES string of the molecule is CC1=CC(C)=[N+]2C1=C(c1ccccc1)c1c(C)c(-c3ccc(C4N(C)CC56c7c8c9c%10c%11c%12c(c%13c%14c5c5c7c7c%15c8c8c9c9c%11c%11c%16c%12c%12c%13c%13c%14c%14c5c5c7c7c%15c%15c8c8c9c%11c9c%11c%16c%12c%12c%13c%13c%14c5c5c7c7c%15c8c9c8c%11c%12c%13c5c78)C%1046)s3)c(C)n1[B-]2(F)F. The molecule has 29 aromatic carbocycles. The van der Waals surface area contributed by atoms with Gasteiger partial charge in [0.25, 0.3) is 0 Å². The van der Waals surface area contributed by atoms with Gasteiger partial charge in [0.15, 0.2) is 5.70 Å². The fraction of sp³-hybridized carbons (Fsp3) is 0.105. The minimum atomic E-state index is -4.24. The third kappa shape index (κ3) is 2.42. The Balaban J connectivity index is 0.820. The summed E-state index contributed by atoms with van der Waals surface area (Å²) in [6.07, 6.45) is 1.96. The van der Waals surface area contributed by atoms with Crippen molar-refractivity contribution < 1.29 is 13.1 Å². The van der Waals surface area contributed by atoms with Crippen molar-refractivity contribution in [2.45, 2.75) is 44.6 Å². The van der Waals surface area contributed by atoms with Crippen LogP contribution in [0.3, 0.4) is 0 Å². The smallest absolute Gasteiger partial charge is 0.393 e. The van der Waals surface area contributed by atoms with Gasteiger partial charge in [0, 0.05) is 46.1 Å². The Morgan fingerprint density at radius 2 is 0.742 bits per heavy atom. The number of hydrogen-bond acceptors (Lipinski definition) is 2. The fourth-order valence-electron chi connectivity index (χ4n) is 30.7. The molecule has 93 heavy (non-hydrogen) atoms. The summed E-state index contributed by atoms with van der Waals surface area (Å²) >= 11 is 1.93. The summed E-state index contributed by atoms with van der Waals surface area (Å²) < 4.78 is 39.2. The molecule has 0 saturated carbocycles. The molecule has 0 N–H and O–H groups in total. The van der Waals surface area contributed by atoms with Crippen molar-refractivity contribution in [3.63, 3.8) is 0 Å². The van der Waals surface area contributed by atoms with Crippen molar-refractivity contribution in [2.24, 2.45) is 0 Å². The summed E-state index contributed by atoms with van der Waals surface area (Å²) in [5.74, 6) is 0. The highest BCUT2D eigenvalue weighted by atomic mass is 32.1. The number of halogens is 2. The summed E-state index contributed by atoms with van der Waals surface area (Å²) in [4.78, 5) is 5.37. The number of likely N-dealkylation sites (tertiary alicyclic amines) is 1. The molecule has 0 bridgehead atoms. The molecular weight excluding hydrogens is 1160 g/mol. The van der Waals surface area contributed by atoms with E-state index in [1.54, 1.807) is 313 Å². The lowest BCUT2D eigenvalue weighted by molar-refractivity contribution is -0.363. The van der Waals surface area contributed by atoms with Gasteiger partial charge in [-0.3, -0.25) is 4.90 Å². The largest absolute Gasteiger partial charge is 0.737 e. The van der Waals surface area contributed by atoms with Gasteiger partial charge in [0.2, 0.25) is 0 Å². The highest BCUT2D eigenvalue weighted by Gasteiger charge is 2.76. The molecule has 31 aromatic rings. The molecule has 38 rings (SSSR count). The number of allylic oxidation sites excluding steroid dienone is 2. The van der Waals surface area contributed by atoms with Crippen molar-refractivity contribution in [1.29, 1.82) is 0 Å². The molecule has 2 aromatic heterocycles. The lowest BCUT2D eigenvalue weighted by Gasteiger charge is -2.52. The molecule has 1 fully saturated rings. The van der Waals surface area contributed by atoms with Crippen LogP contribution < -0.4 is 0 Å². The third-order valence-corrected chi connectivity index (χ3v) is 32.5. The van der Waals surface area contributed by atoms with Crippen LogP contribution in [0, 0.1) is 13.8 Å². The van der Waals surface area contributed by atoms with Gasteiger partial charge in [-0.1, -0.05) is 30.3 Å². The topological polar surface area (TPSA) is 11.2 Å². The predicted octanol–water partition coefficient (Wildman–Crippen LogP) is 22.6. The molecule has 5 heterocycles. The Kier molecular flexibility index (Phi) is 4.00. The molecule has 408 valence electrons. The van der Waals surface area contributed by atoms with Gasteiger partial charge in [-0.15, -0.1) is 11.3 Å². The van der Waals surface area contributed by atoms with E-state index in [9.17, 15) is 0 Å². The number of hydrogen-bond donors (Lipinski definition) is 0. The number of nitrogens with zero attached hydrogens (tertiary/aromatic N) is 3. The van der Waals surface area contributed by atoms with Crippen LogP contribution in [0.5, 0.6) is 0 Å². The Morgan fingerprint density at radius 1 is 0.419 bits per heavy atom. The van der Waals surface area contributed by atoms with Gasteiger partial charge in [0.05, 0.1) is 22.4 Å². The van der Waals surface area contributed by atoms with Gasteiger partial charge in [-0.05, 0) is 370 Å². The summed E-state index contributed by atoms with van der Waals surface area (Å²) in [5.41, 5.74) is 13.0. The first-order valence-corrected chi connectivity index (χ1v) is 34.9. The van der Waals surface area contributed by atoms with Crippen molar-refractivity contribution in [3.8, 4) is 10.4 Å². The van der Waals surface area contributed by atoms with Crippen LogP contribution in [0.15, 0.2) is 59.8 Å². The van der Waals surface area contributed by atoms with Crippen LogP contribution in [0.25, 0.3) is 307 Å². The van der Waals surface area contributed by atoms with Gasteiger partial charge in [0.1, 0.15) is 5.71 Å². The van der Waals surface area contributed by atoms with E-state index < -0.39 is 17.8 Å². The predicted molar refractivity (Wildman–Crippen MR) is 387 cm³/mol. The van der Waals surface area contributed by atoms with Crippen LogP contribution in [0.2, 0.25) is 0 Å². The van der Waals surface area contributed by atoms with Gasteiger partial charge >= 0.3 is 6.97 Å². The zero-order chi connectivity index (χ0) is 57.7. The molecular formula is C86H26BF2N3S. The van der Waals surface area contributed by atoms with Gasteiger partial charge in [-0.2, -0.15) is 0 Å². The van der Waals surface area contributed by atoms with E-state index in [1.807, 2.05) is 44.3 Å². The summed E-state index contributed by atoms with van der Waals surface area (Å²) in [7, 11) is 2.53. The maximum Gasteiger partial charge on any atom is 0.737 e. The van der Waals surface area contributed by atoms with Crippen LogP contribution in [-0.2, 0) is 10.8 Å². The van der Waals surface area contributed by atoms with Crippen LogP contribution in [0.4, 0.5) is 8.63 Å². The minimum Gasteiger partial charge on any atom is -0.393 e. The second-order valence-corrected chi connectivity index (χ2v) is 33.9. The monoisotopic (exact) mass is 1180 g/mol. The van der Waals surface area contributed by atoms with Crippen LogP contribution in [0.1, 0.15) is 69.5 Å². The van der Waals surface area contributed by atoms with Crippen LogP contribution >= 0.6 is 11.3 Å². The lowest BCUT2D eigenvalue weighted by Crippen LogP contribution is -2.51. The summed E-state index contributed by atoms with van der Waals surface area (Å²) in [6, 6.07) is 15.2. The molecule has 3 nitrogen and oxygen atoms in total. The van der Waals surface area contributed by atoms with Crippen molar-refractivity contribution in [3.05, 3.63) is 109 Å². The van der Waals surface area contributed by atoms with E-state index in [4.69, 9.17) is 0 Å². The van der Waals surface area contributed by atoms with Crippen molar-refractivity contribution >= 4 is 320 Å². The van der Waals surface area contributed by atoms with Crippen molar-refractivity contribution in [1.82, 2.24) is 9.38 Å². The van der Waals surface area contributed by atoms with E-state index in [0.29, 0.717) is 22.8 Å². The first-order chi connectivity index (χ1) is 45.7. The Morgan fingerprint density at radius 3 is 1.09 bits per heavy atom. The van der Waals surface area contributed by atoms with Crippen LogP contribution in [-0.4, -0.2) is 40.1 Å². The molecule has 0 radical (unpaired) electrons. The fourth-order valence-corrected chi connectivity index (χ4v) is 32.1. The summed E-state index contributed by atoms with van der Waals surface area (Å²) in [5, 5.41) is 87.2. The second-order valence-electron chi connectivity index (χ2n) is 32.8. The molecule has 1 unspecified atom stereocenters. The average Bonchev–Trinajstić information content (AvgIpc) is 1.38. The zero-order valence-electron chi connectivity index (χ0n) is 49.5.